The second-order valence-electron chi connectivity index (χ2n) is 5.41. The Morgan fingerprint density at radius 3 is 3.00 bits per heavy atom. The van der Waals surface area contributed by atoms with Crippen molar-refractivity contribution in [2.24, 2.45) is 0 Å². The first-order valence-corrected chi connectivity index (χ1v) is 8.16. The van der Waals surface area contributed by atoms with E-state index < -0.39 is 0 Å². The van der Waals surface area contributed by atoms with E-state index in [2.05, 4.69) is 22.4 Å². The molecule has 22 heavy (non-hydrogen) atoms. The van der Waals surface area contributed by atoms with Crippen LogP contribution >= 0.6 is 11.3 Å². The molecule has 2 heterocycles. The number of nitro groups is 1. The highest BCUT2D eigenvalue weighted by Gasteiger charge is 2.27. The van der Waals surface area contributed by atoms with Gasteiger partial charge in [-0.05, 0) is 42.5 Å². The summed E-state index contributed by atoms with van der Waals surface area (Å²) < 4.78 is 5.06. The number of hydrogen-bond donors (Lipinski definition) is 0. The Bertz CT molecular complexity index is 657. The third-order valence-corrected chi connectivity index (χ3v) is 5.03. The fourth-order valence-corrected chi connectivity index (χ4v) is 3.92. The van der Waals surface area contributed by atoms with Gasteiger partial charge < -0.3 is 4.74 Å². The largest absolute Gasteiger partial charge is 0.490 e. The molecular formula is C16H18N2O3S. The maximum atomic E-state index is 11.1. The highest BCUT2D eigenvalue weighted by Crippen LogP contribution is 2.36. The zero-order valence-corrected chi connectivity index (χ0v) is 13.2. The standard InChI is InChI=1S/C16H18N2O3S/c1-21-15-7-6-12(10-14(15)18(19)20)11-17-8-2-4-13(17)16-5-3-9-22-16/h3,5-7,9-10,13H,2,4,8,11H2,1H3/t13-/m0/s1. The summed E-state index contributed by atoms with van der Waals surface area (Å²) in [5.74, 6) is 0.310. The number of hydrogen-bond acceptors (Lipinski definition) is 5. The van der Waals surface area contributed by atoms with Crippen molar-refractivity contribution >= 4 is 17.0 Å². The Kier molecular flexibility index (Phi) is 4.40. The van der Waals surface area contributed by atoms with E-state index in [1.54, 1.807) is 23.5 Å². The second-order valence-corrected chi connectivity index (χ2v) is 6.39. The van der Waals surface area contributed by atoms with Gasteiger partial charge in [-0.15, -0.1) is 11.3 Å². The van der Waals surface area contributed by atoms with Crippen LogP contribution in [-0.2, 0) is 6.54 Å². The Labute approximate surface area is 133 Å². The number of ether oxygens (including phenoxy) is 1. The first-order chi connectivity index (χ1) is 10.7. The van der Waals surface area contributed by atoms with Gasteiger partial charge in [-0.1, -0.05) is 12.1 Å². The van der Waals surface area contributed by atoms with Gasteiger partial charge in [0.1, 0.15) is 0 Å². The Morgan fingerprint density at radius 2 is 2.32 bits per heavy atom. The third-order valence-electron chi connectivity index (χ3n) is 4.06. The van der Waals surface area contributed by atoms with Crippen molar-refractivity contribution in [1.82, 2.24) is 4.90 Å². The van der Waals surface area contributed by atoms with Crippen molar-refractivity contribution in [2.45, 2.75) is 25.4 Å². The summed E-state index contributed by atoms with van der Waals surface area (Å²) in [6, 6.07) is 9.90. The van der Waals surface area contributed by atoms with E-state index >= 15 is 0 Å². The number of methoxy groups -OCH3 is 1. The van der Waals surface area contributed by atoms with E-state index in [-0.39, 0.29) is 10.6 Å². The smallest absolute Gasteiger partial charge is 0.311 e. The molecule has 0 saturated carbocycles. The number of thiophene rings is 1. The van der Waals surface area contributed by atoms with Crippen LogP contribution < -0.4 is 4.74 Å². The molecule has 0 radical (unpaired) electrons. The number of benzene rings is 1. The van der Waals surface area contributed by atoms with Gasteiger partial charge in [0.15, 0.2) is 5.75 Å². The van der Waals surface area contributed by atoms with Gasteiger partial charge in [-0.3, -0.25) is 15.0 Å². The molecule has 1 fully saturated rings. The summed E-state index contributed by atoms with van der Waals surface area (Å²) in [6.07, 6.45) is 2.32. The van der Waals surface area contributed by atoms with Crippen LogP contribution in [0.4, 0.5) is 5.69 Å². The maximum absolute atomic E-state index is 11.1. The predicted octanol–water partition coefficient (Wildman–Crippen LogP) is 4.00. The molecule has 0 amide bonds. The van der Waals surface area contributed by atoms with Crippen molar-refractivity contribution in [3.63, 3.8) is 0 Å². The van der Waals surface area contributed by atoms with Crippen LogP contribution in [0.3, 0.4) is 0 Å². The zero-order chi connectivity index (χ0) is 15.5. The fraction of sp³-hybridized carbons (Fsp3) is 0.375. The molecule has 0 bridgehead atoms. The molecular weight excluding hydrogens is 300 g/mol. The predicted molar refractivity (Wildman–Crippen MR) is 86.4 cm³/mol. The molecule has 5 nitrogen and oxygen atoms in total. The van der Waals surface area contributed by atoms with E-state index in [4.69, 9.17) is 4.74 Å². The highest BCUT2D eigenvalue weighted by atomic mass is 32.1. The lowest BCUT2D eigenvalue weighted by atomic mass is 10.1. The van der Waals surface area contributed by atoms with Crippen LogP contribution in [0.2, 0.25) is 0 Å². The van der Waals surface area contributed by atoms with Gasteiger partial charge in [-0.25, -0.2) is 0 Å². The Balaban J connectivity index is 1.80. The maximum Gasteiger partial charge on any atom is 0.311 e. The molecule has 1 saturated heterocycles. The average molecular weight is 318 g/mol. The molecule has 0 N–H and O–H groups in total. The second kappa shape index (κ2) is 6.46. The van der Waals surface area contributed by atoms with Crippen LogP contribution in [0.1, 0.15) is 29.3 Å². The van der Waals surface area contributed by atoms with E-state index in [9.17, 15) is 10.1 Å². The number of likely N-dealkylation sites (tertiary alicyclic amines) is 1. The van der Waals surface area contributed by atoms with E-state index in [0.717, 1.165) is 25.1 Å². The molecule has 0 spiro atoms. The SMILES string of the molecule is COc1ccc(CN2CCC[C@H]2c2cccs2)cc1[N+](=O)[O-]. The quantitative estimate of drug-likeness (QED) is 0.617. The summed E-state index contributed by atoms with van der Waals surface area (Å²) in [5, 5.41) is 13.2. The van der Waals surface area contributed by atoms with Gasteiger partial charge in [0.2, 0.25) is 0 Å². The van der Waals surface area contributed by atoms with Crippen LogP contribution in [0.5, 0.6) is 5.75 Å². The van der Waals surface area contributed by atoms with Crippen molar-refractivity contribution in [2.75, 3.05) is 13.7 Å². The van der Waals surface area contributed by atoms with Crippen molar-refractivity contribution < 1.29 is 9.66 Å². The minimum atomic E-state index is -0.386. The third kappa shape index (κ3) is 2.98. The van der Waals surface area contributed by atoms with Gasteiger partial charge >= 0.3 is 5.69 Å². The summed E-state index contributed by atoms with van der Waals surface area (Å²) in [6.45, 7) is 1.76. The van der Waals surface area contributed by atoms with Gasteiger partial charge in [0.25, 0.3) is 0 Å². The lowest BCUT2D eigenvalue weighted by molar-refractivity contribution is -0.385. The van der Waals surface area contributed by atoms with Crippen LogP contribution in [0.15, 0.2) is 35.7 Å². The normalized spacial score (nSPS) is 18.5. The summed E-state index contributed by atoms with van der Waals surface area (Å²) >= 11 is 1.78. The van der Waals surface area contributed by atoms with E-state index in [0.29, 0.717) is 11.8 Å². The molecule has 1 aliphatic heterocycles. The van der Waals surface area contributed by atoms with Crippen molar-refractivity contribution in [1.29, 1.82) is 0 Å². The van der Waals surface area contributed by atoms with Crippen molar-refractivity contribution in [3.8, 4) is 5.75 Å². The topological polar surface area (TPSA) is 55.6 Å². The Morgan fingerprint density at radius 1 is 1.45 bits per heavy atom. The molecule has 0 unspecified atom stereocenters. The molecule has 1 atom stereocenters. The van der Waals surface area contributed by atoms with Crippen LogP contribution in [-0.4, -0.2) is 23.5 Å². The molecule has 1 aromatic heterocycles. The highest BCUT2D eigenvalue weighted by molar-refractivity contribution is 7.10. The van der Waals surface area contributed by atoms with Gasteiger partial charge in [-0.2, -0.15) is 0 Å². The first kappa shape index (κ1) is 15.0. The number of nitro benzene ring substituents is 1. The average Bonchev–Trinajstić information content (AvgIpc) is 3.17. The Hall–Kier alpha value is -1.92. The van der Waals surface area contributed by atoms with E-state index in [1.165, 1.54) is 18.4 Å². The van der Waals surface area contributed by atoms with E-state index in [1.807, 2.05) is 6.07 Å². The van der Waals surface area contributed by atoms with Gasteiger partial charge in [0.05, 0.1) is 12.0 Å². The summed E-state index contributed by atoms with van der Waals surface area (Å²) in [4.78, 5) is 14.5. The van der Waals surface area contributed by atoms with Crippen LogP contribution in [0.25, 0.3) is 0 Å². The zero-order valence-electron chi connectivity index (χ0n) is 12.4. The molecule has 2 aromatic rings. The van der Waals surface area contributed by atoms with Crippen LogP contribution in [0, 0.1) is 10.1 Å². The molecule has 6 heteroatoms. The lowest BCUT2D eigenvalue weighted by Crippen LogP contribution is -2.22. The van der Waals surface area contributed by atoms with Crippen molar-refractivity contribution in [3.05, 3.63) is 56.3 Å². The molecule has 116 valence electrons. The summed E-state index contributed by atoms with van der Waals surface area (Å²) in [5.41, 5.74) is 0.989. The lowest BCUT2D eigenvalue weighted by Gasteiger charge is -2.23. The molecule has 3 rings (SSSR count). The molecule has 1 aromatic carbocycles. The molecule has 0 aliphatic carbocycles. The monoisotopic (exact) mass is 318 g/mol. The summed E-state index contributed by atoms with van der Waals surface area (Å²) in [7, 11) is 1.45. The number of rotatable bonds is 5. The number of nitrogens with zero attached hydrogens (tertiary/aromatic N) is 2. The fourth-order valence-electron chi connectivity index (χ4n) is 3.03. The van der Waals surface area contributed by atoms with Gasteiger partial charge in [0, 0.05) is 23.5 Å². The first-order valence-electron chi connectivity index (χ1n) is 7.28. The minimum Gasteiger partial charge on any atom is -0.490 e. The minimum absolute atomic E-state index is 0.0341. The molecule has 1 aliphatic rings.